The standard InChI is InChI=1S/C14H17N5OS/c1-19(2)14-17-13(20-3)12(21-14)8-15-10-4-5-11-9(6-10)7-16-18-11/h4-7,15H,8H2,1-3H3,(H,16,18). The van der Waals surface area contributed by atoms with Gasteiger partial charge in [0.1, 0.15) is 0 Å². The van der Waals surface area contributed by atoms with Crippen molar-refractivity contribution in [1.29, 1.82) is 0 Å². The summed E-state index contributed by atoms with van der Waals surface area (Å²) in [7, 11) is 5.60. The molecule has 0 bridgehead atoms. The van der Waals surface area contributed by atoms with Crippen molar-refractivity contribution < 1.29 is 4.74 Å². The molecule has 0 atom stereocenters. The SMILES string of the molecule is COc1nc(N(C)C)sc1CNc1ccc2[nH]ncc2c1. The largest absolute Gasteiger partial charge is 0.480 e. The van der Waals surface area contributed by atoms with Gasteiger partial charge in [0, 0.05) is 25.2 Å². The maximum absolute atomic E-state index is 5.34. The fourth-order valence-corrected chi connectivity index (χ4v) is 2.92. The van der Waals surface area contributed by atoms with Gasteiger partial charge in [-0.15, -0.1) is 0 Å². The number of benzene rings is 1. The number of thiazole rings is 1. The van der Waals surface area contributed by atoms with Gasteiger partial charge in [-0.3, -0.25) is 5.10 Å². The highest BCUT2D eigenvalue weighted by Crippen LogP contribution is 2.31. The number of anilines is 2. The Hall–Kier alpha value is -2.28. The molecule has 0 saturated heterocycles. The van der Waals surface area contributed by atoms with E-state index in [-0.39, 0.29) is 0 Å². The lowest BCUT2D eigenvalue weighted by Gasteiger charge is -2.06. The smallest absolute Gasteiger partial charge is 0.231 e. The zero-order valence-electron chi connectivity index (χ0n) is 12.2. The summed E-state index contributed by atoms with van der Waals surface area (Å²) >= 11 is 1.63. The van der Waals surface area contributed by atoms with Crippen molar-refractivity contribution in [1.82, 2.24) is 15.2 Å². The Bertz CT molecular complexity index is 749. The normalized spacial score (nSPS) is 10.8. The second kappa shape index (κ2) is 5.61. The summed E-state index contributed by atoms with van der Waals surface area (Å²) in [4.78, 5) is 7.51. The van der Waals surface area contributed by atoms with Crippen molar-refractivity contribution in [3.8, 4) is 5.88 Å². The van der Waals surface area contributed by atoms with Crippen LogP contribution >= 0.6 is 11.3 Å². The summed E-state index contributed by atoms with van der Waals surface area (Å²) in [5, 5.41) is 12.4. The van der Waals surface area contributed by atoms with Gasteiger partial charge < -0.3 is 15.0 Å². The van der Waals surface area contributed by atoms with Crippen LogP contribution in [0.1, 0.15) is 4.88 Å². The van der Waals surface area contributed by atoms with E-state index in [1.807, 2.05) is 37.3 Å². The molecule has 0 spiro atoms. The molecule has 7 heteroatoms. The molecular weight excluding hydrogens is 286 g/mol. The Morgan fingerprint density at radius 3 is 3.00 bits per heavy atom. The molecule has 0 aliphatic carbocycles. The number of nitrogens with one attached hydrogen (secondary N) is 2. The Morgan fingerprint density at radius 1 is 1.38 bits per heavy atom. The third-order valence-corrected chi connectivity index (χ3v) is 4.32. The van der Waals surface area contributed by atoms with Gasteiger partial charge in [0.2, 0.25) is 5.88 Å². The summed E-state index contributed by atoms with van der Waals surface area (Å²) in [6.07, 6.45) is 1.82. The molecule has 2 aromatic heterocycles. The van der Waals surface area contributed by atoms with E-state index >= 15 is 0 Å². The average molecular weight is 303 g/mol. The Kier molecular flexibility index (Phi) is 3.66. The first kappa shape index (κ1) is 13.7. The number of rotatable bonds is 5. The molecule has 1 aromatic carbocycles. The number of aromatic nitrogens is 3. The minimum Gasteiger partial charge on any atom is -0.480 e. The van der Waals surface area contributed by atoms with Gasteiger partial charge in [0.25, 0.3) is 0 Å². The molecule has 3 rings (SSSR count). The van der Waals surface area contributed by atoms with Crippen LogP contribution in [0.5, 0.6) is 5.88 Å². The van der Waals surface area contributed by atoms with Crippen molar-refractivity contribution in [2.24, 2.45) is 0 Å². The van der Waals surface area contributed by atoms with Crippen molar-refractivity contribution in [2.45, 2.75) is 6.54 Å². The van der Waals surface area contributed by atoms with Gasteiger partial charge in [-0.25, -0.2) is 0 Å². The molecular formula is C14H17N5OS. The van der Waals surface area contributed by atoms with Gasteiger partial charge in [0.05, 0.1) is 30.2 Å². The van der Waals surface area contributed by atoms with E-state index < -0.39 is 0 Å². The van der Waals surface area contributed by atoms with Crippen molar-refractivity contribution >= 4 is 33.1 Å². The van der Waals surface area contributed by atoms with E-state index in [2.05, 4.69) is 26.6 Å². The van der Waals surface area contributed by atoms with E-state index in [1.54, 1.807) is 18.4 Å². The zero-order valence-corrected chi connectivity index (χ0v) is 13.0. The summed E-state index contributed by atoms with van der Waals surface area (Å²) < 4.78 is 5.34. The van der Waals surface area contributed by atoms with E-state index in [1.165, 1.54) is 0 Å². The molecule has 0 radical (unpaired) electrons. The highest BCUT2D eigenvalue weighted by Gasteiger charge is 2.12. The maximum atomic E-state index is 5.34. The molecule has 2 N–H and O–H groups in total. The van der Waals surface area contributed by atoms with E-state index in [9.17, 15) is 0 Å². The number of aromatic amines is 1. The van der Waals surface area contributed by atoms with Crippen LogP contribution < -0.4 is 15.0 Å². The fourth-order valence-electron chi connectivity index (χ4n) is 2.02. The van der Waals surface area contributed by atoms with E-state index in [4.69, 9.17) is 4.74 Å². The second-order valence-electron chi connectivity index (χ2n) is 4.85. The van der Waals surface area contributed by atoms with Crippen LogP contribution in [0.25, 0.3) is 10.9 Å². The minimum absolute atomic E-state index is 0.679. The van der Waals surface area contributed by atoms with Crippen LogP contribution in [0.4, 0.5) is 10.8 Å². The molecule has 0 fully saturated rings. The predicted molar refractivity (Wildman–Crippen MR) is 86.4 cm³/mol. The first-order valence-corrected chi connectivity index (χ1v) is 7.37. The molecule has 0 aliphatic heterocycles. The topological polar surface area (TPSA) is 66.1 Å². The molecule has 6 nitrogen and oxygen atoms in total. The molecule has 0 unspecified atom stereocenters. The number of H-pyrrole nitrogens is 1. The van der Waals surface area contributed by atoms with Gasteiger partial charge in [-0.1, -0.05) is 11.3 Å². The molecule has 0 aliphatic rings. The number of methoxy groups -OCH3 is 1. The number of nitrogens with zero attached hydrogens (tertiary/aromatic N) is 3. The Labute approximate surface area is 126 Å². The monoisotopic (exact) mass is 303 g/mol. The highest BCUT2D eigenvalue weighted by molar-refractivity contribution is 7.15. The zero-order chi connectivity index (χ0) is 14.8. The lowest BCUT2D eigenvalue weighted by Crippen LogP contribution is -2.07. The second-order valence-corrected chi connectivity index (χ2v) is 5.91. The van der Waals surface area contributed by atoms with Crippen LogP contribution in [0.2, 0.25) is 0 Å². The maximum Gasteiger partial charge on any atom is 0.231 e. The van der Waals surface area contributed by atoms with Gasteiger partial charge in [-0.2, -0.15) is 10.1 Å². The minimum atomic E-state index is 0.679. The number of fused-ring (bicyclic) bond motifs is 1. The van der Waals surface area contributed by atoms with Gasteiger partial charge >= 0.3 is 0 Å². The van der Waals surface area contributed by atoms with Crippen LogP contribution in [0, 0.1) is 0 Å². The summed E-state index contributed by atoms with van der Waals surface area (Å²) in [5.74, 6) is 0.681. The predicted octanol–water partition coefficient (Wildman–Crippen LogP) is 2.71. The summed E-state index contributed by atoms with van der Waals surface area (Å²) in [6, 6.07) is 6.11. The van der Waals surface area contributed by atoms with Crippen molar-refractivity contribution in [3.63, 3.8) is 0 Å². The number of ether oxygens (including phenoxy) is 1. The lowest BCUT2D eigenvalue weighted by atomic mass is 10.2. The first-order valence-electron chi connectivity index (χ1n) is 6.55. The molecule has 3 aromatic rings. The molecule has 21 heavy (non-hydrogen) atoms. The van der Waals surface area contributed by atoms with Crippen molar-refractivity contribution in [3.05, 3.63) is 29.3 Å². The quantitative estimate of drug-likeness (QED) is 0.758. The molecule has 0 saturated carbocycles. The van der Waals surface area contributed by atoms with Gasteiger partial charge in [-0.05, 0) is 18.2 Å². The van der Waals surface area contributed by atoms with Crippen LogP contribution in [0.3, 0.4) is 0 Å². The van der Waals surface area contributed by atoms with Crippen LogP contribution in [-0.4, -0.2) is 36.4 Å². The Balaban J connectivity index is 1.77. The van der Waals surface area contributed by atoms with E-state index in [0.717, 1.165) is 26.6 Å². The third kappa shape index (κ3) is 2.78. The highest BCUT2D eigenvalue weighted by atomic mass is 32.1. The third-order valence-electron chi connectivity index (χ3n) is 3.12. The van der Waals surface area contributed by atoms with E-state index in [0.29, 0.717) is 12.4 Å². The van der Waals surface area contributed by atoms with Gasteiger partial charge in [0.15, 0.2) is 5.13 Å². The lowest BCUT2D eigenvalue weighted by molar-refractivity contribution is 0.397. The van der Waals surface area contributed by atoms with Crippen LogP contribution in [-0.2, 0) is 6.54 Å². The summed E-state index contributed by atoms with van der Waals surface area (Å²) in [5.41, 5.74) is 2.08. The van der Waals surface area contributed by atoms with Crippen LogP contribution in [0.15, 0.2) is 24.4 Å². The first-order chi connectivity index (χ1) is 10.2. The average Bonchev–Trinajstić information content (AvgIpc) is 3.10. The van der Waals surface area contributed by atoms with Crippen molar-refractivity contribution in [2.75, 3.05) is 31.4 Å². The Morgan fingerprint density at radius 2 is 2.24 bits per heavy atom. The molecule has 110 valence electrons. The molecule has 0 amide bonds. The molecule has 2 heterocycles. The fraction of sp³-hybridized carbons (Fsp3) is 0.286. The summed E-state index contributed by atoms with van der Waals surface area (Å²) in [6.45, 7) is 0.679. The number of hydrogen-bond acceptors (Lipinski definition) is 6. The number of hydrogen-bond donors (Lipinski definition) is 2.